The summed E-state index contributed by atoms with van der Waals surface area (Å²) in [5.74, 6) is 5.59. The Morgan fingerprint density at radius 1 is 1.26 bits per heavy atom. The third-order valence-corrected chi connectivity index (χ3v) is 3.68. The molecular formula is C12H21N5O2. The fourth-order valence-electron chi connectivity index (χ4n) is 2.49. The van der Waals surface area contributed by atoms with E-state index >= 15 is 0 Å². The number of piperidine rings is 2. The molecule has 2 rings (SSSR count). The number of nitrogens with zero attached hydrogens (tertiary/aromatic N) is 1. The van der Waals surface area contributed by atoms with Crippen LogP contribution in [0.4, 0.5) is 0 Å². The van der Waals surface area contributed by atoms with Gasteiger partial charge in [-0.3, -0.25) is 14.9 Å². The van der Waals surface area contributed by atoms with Gasteiger partial charge in [-0.05, 0) is 32.4 Å². The van der Waals surface area contributed by atoms with Gasteiger partial charge in [0.15, 0.2) is 0 Å². The van der Waals surface area contributed by atoms with Crippen LogP contribution in [-0.4, -0.2) is 36.0 Å². The molecule has 0 bridgehead atoms. The van der Waals surface area contributed by atoms with Crippen molar-refractivity contribution in [2.45, 2.75) is 31.7 Å². The maximum Gasteiger partial charge on any atom is 0.250 e. The zero-order valence-corrected chi connectivity index (χ0v) is 10.9. The lowest BCUT2D eigenvalue weighted by atomic mass is 9.95. The number of carbonyl (C=O) groups is 2. The molecule has 106 valence electrons. The number of carbonyl (C=O) groups excluding carboxylic acids is 2. The zero-order valence-electron chi connectivity index (χ0n) is 10.9. The summed E-state index contributed by atoms with van der Waals surface area (Å²) in [6.07, 6.45) is 4.33. The lowest BCUT2D eigenvalue weighted by Gasteiger charge is -2.30. The number of allylic oxidation sites excluding steroid dienone is 1. The number of rotatable bonds is 3. The van der Waals surface area contributed by atoms with Gasteiger partial charge in [-0.1, -0.05) is 0 Å². The maximum absolute atomic E-state index is 11.7. The molecule has 2 amide bonds. The summed E-state index contributed by atoms with van der Waals surface area (Å²) in [5, 5.41) is 6.88. The highest BCUT2D eigenvalue weighted by atomic mass is 16.2. The van der Waals surface area contributed by atoms with Crippen LogP contribution in [0.25, 0.3) is 0 Å². The van der Waals surface area contributed by atoms with Gasteiger partial charge in [-0.2, -0.15) is 0 Å². The van der Waals surface area contributed by atoms with E-state index in [9.17, 15) is 9.59 Å². The molecule has 2 aliphatic rings. The average Bonchev–Trinajstić information content (AvgIpc) is 2.39. The molecule has 0 aliphatic carbocycles. The molecule has 2 heterocycles. The molecule has 0 saturated carbocycles. The predicted molar refractivity (Wildman–Crippen MR) is 70.1 cm³/mol. The Balaban J connectivity index is 1.96. The minimum absolute atomic E-state index is 0.245. The van der Waals surface area contributed by atoms with Crippen molar-refractivity contribution >= 4 is 11.8 Å². The summed E-state index contributed by atoms with van der Waals surface area (Å²) in [5.41, 5.74) is 6.74. The topological polar surface area (TPSA) is 113 Å². The van der Waals surface area contributed by atoms with Crippen molar-refractivity contribution in [1.82, 2.24) is 15.6 Å². The van der Waals surface area contributed by atoms with Crippen LogP contribution in [0.2, 0.25) is 0 Å². The number of hydrogen-bond donors (Lipinski definition) is 4. The van der Waals surface area contributed by atoms with E-state index in [1.807, 2.05) is 0 Å². The van der Waals surface area contributed by atoms with Crippen LogP contribution < -0.4 is 22.2 Å². The first-order chi connectivity index (χ1) is 9.08. The normalized spacial score (nSPS) is 26.2. The number of nitrogens with one attached hydrogen (secondary N) is 2. The fraction of sp³-hybridized carbons (Fsp3) is 0.667. The van der Waals surface area contributed by atoms with E-state index in [4.69, 9.17) is 11.6 Å². The summed E-state index contributed by atoms with van der Waals surface area (Å²) in [7, 11) is 0. The van der Waals surface area contributed by atoms with E-state index in [-0.39, 0.29) is 11.8 Å². The van der Waals surface area contributed by atoms with Crippen LogP contribution in [0, 0.1) is 5.92 Å². The standard InChI is InChI=1S/C12H21N5O2/c13-9(8-3-5-15-6-4-8)7-17(14)10-1-2-11(18)16-12(10)19/h7-8,10,15H,1-6,13-14H2,(H,16,18,19)/b9-7-. The molecule has 0 spiro atoms. The van der Waals surface area contributed by atoms with Crippen LogP contribution in [0.5, 0.6) is 0 Å². The Hall–Kier alpha value is -1.60. The Labute approximate surface area is 112 Å². The molecular weight excluding hydrogens is 246 g/mol. The molecule has 19 heavy (non-hydrogen) atoms. The van der Waals surface area contributed by atoms with Crippen molar-refractivity contribution in [2.75, 3.05) is 13.1 Å². The Bertz CT molecular complexity index is 390. The smallest absolute Gasteiger partial charge is 0.250 e. The molecule has 0 radical (unpaired) electrons. The summed E-state index contributed by atoms with van der Waals surface area (Å²) >= 11 is 0. The van der Waals surface area contributed by atoms with E-state index in [1.165, 1.54) is 5.01 Å². The van der Waals surface area contributed by atoms with Crippen LogP contribution in [0.1, 0.15) is 25.7 Å². The lowest BCUT2D eigenvalue weighted by molar-refractivity contribution is -0.136. The number of imide groups is 1. The SMILES string of the molecule is N/C(=C\N(N)C1CCC(=O)NC1=O)C1CCNCC1. The van der Waals surface area contributed by atoms with Gasteiger partial charge >= 0.3 is 0 Å². The molecule has 1 atom stereocenters. The molecule has 0 aromatic heterocycles. The van der Waals surface area contributed by atoms with Crippen LogP contribution >= 0.6 is 0 Å². The van der Waals surface area contributed by atoms with Gasteiger partial charge in [0.2, 0.25) is 5.91 Å². The minimum Gasteiger partial charge on any atom is -0.401 e. The van der Waals surface area contributed by atoms with E-state index in [2.05, 4.69) is 10.6 Å². The quantitative estimate of drug-likeness (QED) is 0.289. The highest BCUT2D eigenvalue weighted by Gasteiger charge is 2.29. The summed E-state index contributed by atoms with van der Waals surface area (Å²) in [4.78, 5) is 22.7. The van der Waals surface area contributed by atoms with E-state index in [0.717, 1.165) is 25.9 Å². The van der Waals surface area contributed by atoms with Gasteiger partial charge in [0.25, 0.3) is 5.91 Å². The lowest BCUT2D eigenvalue weighted by Crippen LogP contribution is -2.53. The van der Waals surface area contributed by atoms with Crippen molar-refractivity contribution in [1.29, 1.82) is 0 Å². The Morgan fingerprint density at radius 3 is 2.58 bits per heavy atom. The molecule has 0 aromatic rings. The predicted octanol–water partition coefficient (Wildman–Crippen LogP) is -1.23. The molecule has 2 fully saturated rings. The first kappa shape index (κ1) is 13.8. The zero-order chi connectivity index (χ0) is 13.8. The Kier molecular flexibility index (Phi) is 4.39. The van der Waals surface area contributed by atoms with Crippen molar-refractivity contribution in [3.05, 3.63) is 11.9 Å². The van der Waals surface area contributed by atoms with Crippen molar-refractivity contribution in [3.8, 4) is 0 Å². The highest BCUT2D eigenvalue weighted by Crippen LogP contribution is 2.19. The van der Waals surface area contributed by atoms with Crippen molar-refractivity contribution in [2.24, 2.45) is 17.5 Å². The second-order valence-electron chi connectivity index (χ2n) is 5.07. The molecule has 2 saturated heterocycles. The Morgan fingerprint density at radius 2 is 1.95 bits per heavy atom. The third kappa shape index (κ3) is 3.45. The van der Waals surface area contributed by atoms with Gasteiger partial charge in [-0.15, -0.1) is 0 Å². The third-order valence-electron chi connectivity index (χ3n) is 3.68. The van der Waals surface area contributed by atoms with Crippen LogP contribution in [0.15, 0.2) is 11.9 Å². The molecule has 6 N–H and O–H groups in total. The number of hydrazine groups is 1. The van der Waals surface area contributed by atoms with E-state index in [0.29, 0.717) is 24.5 Å². The molecule has 7 nitrogen and oxygen atoms in total. The van der Waals surface area contributed by atoms with Gasteiger partial charge in [-0.25, -0.2) is 5.84 Å². The first-order valence-electron chi connectivity index (χ1n) is 6.62. The second-order valence-corrected chi connectivity index (χ2v) is 5.07. The molecule has 7 heteroatoms. The molecule has 0 aromatic carbocycles. The summed E-state index contributed by atoms with van der Waals surface area (Å²) < 4.78 is 0. The average molecular weight is 267 g/mol. The van der Waals surface area contributed by atoms with Gasteiger partial charge in [0.05, 0.1) is 0 Å². The second kappa shape index (κ2) is 6.03. The van der Waals surface area contributed by atoms with Crippen molar-refractivity contribution < 1.29 is 9.59 Å². The monoisotopic (exact) mass is 267 g/mol. The largest absolute Gasteiger partial charge is 0.401 e. The fourth-order valence-corrected chi connectivity index (χ4v) is 2.49. The highest BCUT2D eigenvalue weighted by molar-refractivity contribution is 6.00. The van der Waals surface area contributed by atoms with Gasteiger partial charge < -0.3 is 16.1 Å². The first-order valence-corrected chi connectivity index (χ1v) is 6.62. The minimum atomic E-state index is -0.516. The van der Waals surface area contributed by atoms with E-state index in [1.54, 1.807) is 6.20 Å². The summed E-state index contributed by atoms with van der Waals surface area (Å²) in [6, 6.07) is -0.516. The molecule has 1 unspecified atom stereocenters. The summed E-state index contributed by atoms with van der Waals surface area (Å²) in [6.45, 7) is 1.89. The van der Waals surface area contributed by atoms with Crippen LogP contribution in [-0.2, 0) is 9.59 Å². The van der Waals surface area contributed by atoms with Crippen LogP contribution in [0.3, 0.4) is 0 Å². The maximum atomic E-state index is 11.7. The number of hydrogen-bond acceptors (Lipinski definition) is 6. The van der Waals surface area contributed by atoms with Gasteiger partial charge in [0, 0.05) is 24.2 Å². The number of amides is 2. The molecule has 2 aliphatic heterocycles. The van der Waals surface area contributed by atoms with E-state index < -0.39 is 6.04 Å². The number of nitrogens with two attached hydrogens (primary N) is 2. The van der Waals surface area contributed by atoms with Crippen molar-refractivity contribution in [3.63, 3.8) is 0 Å². The van der Waals surface area contributed by atoms with Gasteiger partial charge in [0.1, 0.15) is 6.04 Å².